The lowest BCUT2D eigenvalue weighted by Crippen LogP contribution is -2.48. The maximum Gasteiger partial charge on any atom is 0.335 e. The van der Waals surface area contributed by atoms with E-state index in [1.165, 1.54) is 40.7 Å². The van der Waals surface area contributed by atoms with Gasteiger partial charge < -0.3 is 10.4 Å². The second-order valence-corrected chi connectivity index (χ2v) is 9.14. The lowest BCUT2D eigenvalue weighted by molar-refractivity contribution is -0.124. The highest BCUT2D eigenvalue weighted by atomic mass is 35.5. The van der Waals surface area contributed by atoms with Crippen molar-refractivity contribution < 1.29 is 23.1 Å². The van der Waals surface area contributed by atoms with E-state index in [1.807, 2.05) is 0 Å². The minimum Gasteiger partial charge on any atom is -0.478 e. The zero-order chi connectivity index (χ0) is 21.0. The Balaban J connectivity index is 1.99. The second-order valence-electron chi connectivity index (χ2n) is 6.81. The van der Waals surface area contributed by atoms with Gasteiger partial charge in [-0.05, 0) is 61.2 Å². The Kier molecular flexibility index (Phi) is 6.56. The average Bonchev–Trinajstić information content (AvgIpc) is 2.91. The molecule has 2 aromatic carbocycles. The highest BCUT2D eigenvalue weighted by Gasteiger charge is 2.36. The molecule has 1 heterocycles. The molecule has 1 unspecified atom stereocenters. The number of benzene rings is 2. The smallest absolute Gasteiger partial charge is 0.335 e. The van der Waals surface area contributed by atoms with Crippen LogP contribution in [0.4, 0.5) is 0 Å². The number of carboxylic acids is 1. The van der Waals surface area contributed by atoms with E-state index in [9.17, 15) is 18.0 Å². The molecule has 2 N–H and O–H groups in total. The SMILES string of the molecule is O=C(O)c1ccc(CN(C2CCCCNC2=O)S(=O)(=O)c2ccc(Cl)cc2)cc1. The Bertz CT molecular complexity index is 991. The molecular weight excluding hydrogens is 416 g/mol. The normalized spacial score (nSPS) is 17.6. The van der Waals surface area contributed by atoms with Gasteiger partial charge in [-0.3, -0.25) is 4.79 Å². The summed E-state index contributed by atoms with van der Waals surface area (Å²) in [6, 6.07) is 10.9. The average molecular weight is 437 g/mol. The first kappa shape index (κ1) is 21.3. The summed E-state index contributed by atoms with van der Waals surface area (Å²) < 4.78 is 28.0. The van der Waals surface area contributed by atoms with Crippen molar-refractivity contribution in [3.8, 4) is 0 Å². The number of carboxylic acid groups (broad SMARTS) is 1. The zero-order valence-corrected chi connectivity index (χ0v) is 17.1. The van der Waals surface area contributed by atoms with Gasteiger partial charge in [0.15, 0.2) is 0 Å². The van der Waals surface area contributed by atoms with Gasteiger partial charge in [-0.1, -0.05) is 23.7 Å². The number of nitrogens with one attached hydrogen (secondary N) is 1. The topological polar surface area (TPSA) is 104 Å². The molecule has 1 amide bonds. The molecule has 29 heavy (non-hydrogen) atoms. The Hall–Kier alpha value is -2.42. The van der Waals surface area contributed by atoms with Crippen LogP contribution in [0.3, 0.4) is 0 Å². The number of carbonyl (C=O) groups excluding carboxylic acids is 1. The van der Waals surface area contributed by atoms with Crippen LogP contribution < -0.4 is 5.32 Å². The Labute approximate surface area is 174 Å². The van der Waals surface area contributed by atoms with Crippen LogP contribution in [0, 0.1) is 0 Å². The molecule has 154 valence electrons. The molecule has 0 spiro atoms. The van der Waals surface area contributed by atoms with Crippen LogP contribution in [0.1, 0.15) is 35.2 Å². The summed E-state index contributed by atoms with van der Waals surface area (Å²) in [5.74, 6) is -1.40. The number of carbonyl (C=O) groups is 2. The first-order chi connectivity index (χ1) is 13.8. The molecule has 0 saturated carbocycles. The van der Waals surface area contributed by atoms with Crippen LogP contribution in [0.25, 0.3) is 0 Å². The van der Waals surface area contributed by atoms with Crippen LogP contribution in [0.15, 0.2) is 53.4 Å². The molecule has 1 atom stereocenters. The molecule has 2 aromatic rings. The van der Waals surface area contributed by atoms with Crippen molar-refractivity contribution in [3.05, 3.63) is 64.7 Å². The fourth-order valence-electron chi connectivity index (χ4n) is 3.24. The van der Waals surface area contributed by atoms with Gasteiger partial charge in [0.2, 0.25) is 15.9 Å². The number of aromatic carboxylic acids is 1. The van der Waals surface area contributed by atoms with Gasteiger partial charge in [0.25, 0.3) is 0 Å². The maximum atomic E-state index is 13.4. The molecule has 1 aliphatic rings. The van der Waals surface area contributed by atoms with E-state index in [4.69, 9.17) is 16.7 Å². The fraction of sp³-hybridized carbons (Fsp3) is 0.300. The lowest BCUT2D eigenvalue weighted by Gasteiger charge is -2.29. The highest BCUT2D eigenvalue weighted by Crippen LogP contribution is 2.26. The number of hydrogen-bond donors (Lipinski definition) is 2. The number of hydrogen-bond acceptors (Lipinski definition) is 4. The summed E-state index contributed by atoms with van der Waals surface area (Å²) in [5, 5.41) is 12.2. The molecule has 7 nitrogen and oxygen atoms in total. The van der Waals surface area contributed by atoms with Crippen LogP contribution in [-0.4, -0.2) is 42.3 Å². The number of amides is 1. The lowest BCUT2D eigenvalue weighted by atomic mass is 10.1. The van der Waals surface area contributed by atoms with Crippen molar-refractivity contribution in [1.82, 2.24) is 9.62 Å². The molecular formula is C20H21ClN2O5S. The fourth-order valence-corrected chi connectivity index (χ4v) is 4.97. The third-order valence-corrected chi connectivity index (χ3v) is 6.93. The van der Waals surface area contributed by atoms with Gasteiger partial charge in [0.1, 0.15) is 6.04 Å². The summed E-state index contributed by atoms with van der Waals surface area (Å²) >= 11 is 5.88. The Morgan fingerprint density at radius 1 is 1.10 bits per heavy atom. The number of rotatable bonds is 6. The van der Waals surface area contributed by atoms with E-state index in [-0.39, 0.29) is 22.9 Å². The minimum absolute atomic E-state index is 0.0427. The third-order valence-electron chi connectivity index (χ3n) is 4.81. The maximum absolute atomic E-state index is 13.4. The highest BCUT2D eigenvalue weighted by molar-refractivity contribution is 7.89. The van der Waals surface area contributed by atoms with E-state index >= 15 is 0 Å². The number of sulfonamides is 1. The Morgan fingerprint density at radius 3 is 2.38 bits per heavy atom. The van der Waals surface area contributed by atoms with Gasteiger partial charge in [0, 0.05) is 18.1 Å². The van der Waals surface area contributed by atoms with E-state index in [0.29, 0.717) is 30.0 Å². The molecule has 1 saturated heterocycles. The van der Waals surface area contributed by atoms with Gasteiger partial charge in [-0.25, -0.2) is 13.2 Å². The molecule has 1 aliphatic heterocycles. The summed E-state index contributed by atoms with van der Waals surface area (Å²) in [7, 11) is -3.99. The van der Waals surface area contributed by atoms with Gasteiger partial charge in [-0.2, -0.15) is 4.31 Å². The van der Waals surface area contributed by atoms with Gasteiger partial charge in [-0.15, -0.1) is 0 Å². The van der Waals surface area contributed by atoms with Crippen LogP contribution >= 0.6 is 11.6 Å². The van der Waals surface area contributed by atoms with Gasteiger partial charge in [0.05, 0.1) is 10.5 Å². The predicted molar refractivity (Wildman–Crippen MR) is 108 cm³/mol. The number of nitrogens with zero attached hydrogens (tertiary/aromatic N) is 1. The van der Waals surface area contributed by atoms with Gasteiger partial charge >= 0.3 is 5.97 Å². The standard InChI is InChI=1S/C20H21ClN2O5S/c21-16-8-10-17(11-9-16)29(27,28)23(18-3-1-2-12-22-19(18)24)13-14-4-6-15(7-5-14)20(25)26/h4-11,18H,1-3,12-13H2,(H,22,24)(H,25,26). The molecule has 9 heteroatoms. The molecule has 0 bridgehead atoms. The molecule has 0 aliphatic carbocycles. The summed E-state index contributed by atoms with van der Waals surface area (Å²) in [4.78, 5) is 23.7. The quantitative estimate of drug-likeness (QED) is 0.724. The first-order valence-electron chi connectivity index (χ1n) is 9.16. The zero-order valence-electron chi connectivity index (χ0n) is 15.5. The molecule has 1 fully saturated rings. The summed E-state index contributed by atoms with van der Waals surface area (Å²) in [6.45, 7) is 0.459. The molecule has 3 rings (SSSR count). The summed E-state index contributed by atoms with van der Waals surface area (Å²) in [5.41, 5.74) is 0.692. The van der Waals surface area contributed by atoms with Crippen molar-refractivity contribution in [2.45, 2.75) is 36.7 Å². The van der Waals surface area contributed by atoms with E-state index in [1.54, 1.807) is 12.1 Å². The van der Waals surface area contributed by atoms with E-state index in [2.05, 4.69) is 5.32 Å². The molecule has 0 radical (unpaired) electrons. The van der Waals surface area contributed by atoms with Crippen molar-refractivity contribution in [1.29, 1.82) is 0 Å². The molecule has 0 aromatic heterocycles. The van der Waals surface area contributed by atoms with E-state index in [0.717, 1.165) is 6.42 Å². The van der Waals surface area contributed by atoms with E-state index < -0.39 is 22.0 Å². The van der Waals surface area contributed by atoms with Crippen LogP contribution in [0.2, 0.25) is 5.02 Å². The monoisotopic (exact) mass is 436 g/mol. The minimum atomic E-state index is -3.99. The first-order valence-corrected chi connectivity index (χ1v) is 11.0. The van der Waals surface area contributed by atoms with Crippen molar-refractivity contribution in [3.63, 3.8) is 0 Å². The number of halogens is 1. The largest absolute Gasteiger partial charge is 0.478 e. The van der Waals surface area contributed by atoms with Crippen LogP contribution in [-0.2, 0) is 21.4 Å². The summed E-state index contributed by atoms with van der Waals surface area (Å²) in [6.07, 6.45) is 1.91. The second kappa shape index (κ2) is 8.94. The van der Waals surface area contributed by atoms with Crippen molar-refractivity contribution in [2.75, 3.05) is 6.54 Å². The van der Waals surface area contributed by atoms with Crippen molar-refractivity contribution >= 4 is 33.5 Å². The predicted octanol–water partition coefficient (Wildman–Crippen LogP) is 2.90. The Morgan fingerprint density at radius 2 is 1.76 bits per heavy atom. The van der Waals surface area contributed by atoms with Crippen molar-refractivity contribution in [2.24, 2.45) is 0 Å². The third kappa shape index (κ3) is 4.95. The van der Waals surface area contributed by atoms with Crippen LogP contribution in [0.5, 0.6) is 0 Å².